The number of hydrogen-bond donors (Lipinski definition) is 2. The van der Waals surface area contributed by atoms with Gasteiger partial charge in [0.2, 0.25) is 5.91 Å². The second kappa shape index (κ2) is 10.3. The van der Waals surface area contributed by atoms with Crippen LogP contribution in [0.25, 0.3) is 0 Å². The molecular weight excluding hydrogens is 473 g/mol. The van der Waals surface area contributed by atoms with E-state index in [1.165, 1.54) is 0 Å². The Morgan fingerprint density at radius 3 is 2.50 bits per heavy atom. The summed E-state index contributed by atoms with van der Waals surface area (Å²) in [5, 5.41) is 15.6. The fraction of sp³-hybridized carbons (Fsp3) is 0.500. The number of amides is 1. The summed E-state index contributed by atoms with van der Waals surface area (Å²) in [6.45, 7) is 4.05. The molecule has 34 heavy (non-hydrogen) atoms. The normalized spacial score (nSPS) is 22.2. The lowest BCUT2D eigenvalue weighted by atomic mass is 9.99. The Labute approximate surface area is 210 Å². The molecule has 1 aliphatic carbocycles. The topological polar surface area (TPSA) is 65.0 Å². The molecule has 3 aliphatic rings. The van der Waals surface area contributed by atoms with E-state index in [1.807, 2.05) is 36.4 Å². The molecule has 3 fully saturated rings. The van der Waals surface area contributed by atoms with Gasteiger partial charge >= 0.3 is 0 Å². The van der Waals surface area contributed by atoms with Crippen molar-refractivity contribution in [3.63, 3.8) is 0 Å². The van der Waals surface area contributed by atoms with Gasteiger partial charge in [-0.15, -0.1) is 0 Å². The van der Waals surface area contributed by atoms with Crippen LogP contribution in [0.15, 0.2) is 42.5 Å². The molecule has 2 heterocycles. The van der Waals surface area contributed by atoms with Gasteiger partial charge in [-0.05, 0) is 80.7 Å². The number of rotatable bonds is 9. The number of aliphatic hydroxyl groups excluding tert-OH is 1. The molecule has 6 nitrogen and oxygen atoms in total. The summed E-state index contributed by atoms with van der Waals surface area (Å²) in [6.07, 6.45) is 3.44. The minimum Gasteiger partial charge on any atom is -0.489 e. The summed E-state index contributed by atoms with van der Waals surface area (Å²) in [7, 11) is 0. The minimum atomic E-state index is -0.856. The number of carbonyl (C=O) groups is 1. The molecule has 2 aliphatic heterocycles. The molecule has 1 amide bonds. The first-order chi connectivity index (χ1) is 16.5. The van der Waals surface area contributed by atoms with Gasteiger partial charge in [0.25, 0.3) is 0 Å². The SMILES string of the molecule is O=C(N[C@H](CN1CCC1)[C@H](O)c1ccc(OC2CC2)c(Cl)c1)C1CCN(c2ccc(Cl)cc2)C1. The Morgan fingerprint density at radius 2 is 1.85 bits per heavy atom. The molecule has 2 N–H and O–H groups in total. The molecule has 2 aromatic rings. The summed E-state index contributed by atoms with van der Waals surface area (Å²) in [6, 6.07) is 12.7. The van der Waals surface area contributed by atoms with E-state index in [-0.39, 0.29) is 17.9 Å². The van der Waals surface area contributed by atoms with E-state index >= 15 is 0 Å². The highest BCUT2D eigenvalue weighted by Crippen LogP contribution is 2.34. The van der Waals surface area contributed by atoms with Gasteiger partial charge < -0.3 is 25.0 Å². The molecule has 3 atom stereocenters. The lowest BCUT2D eigenvalue weighted by Gasteiger charge is -2.36. The highest BCUT2D eigenvalue weighted by Gasteiger charge is 2.33. The third kappa shape index (κ3) is 5.62. The lowest BCUT2D eigenvalue weighted by Crippen LogP contribution is -2.52. The third-order valence-corrected chi connectivity index (χ3v) is 7.53. The molecule has 1 saturated carbocycles. The maximum atomic E-state index is 13.2. The number of anilines is 1. The molecule has 0 spiro atoms. The summed E-state index contributed by atoms with van der Waals surface area (Å²) < 4.78 is 5.82. The van der Waals surface area contributed by atoms with Crippen LogP contribution in [0.2, 0.25) is 10.0 Å². The average Bonchev–Trinajstić information content (AvgIpc) is 3.48. The van der Waals surface area contributed by atoms with Crippen molar-refractivity contribution in [3.8, 4) is 5.75 Å². The number of ether oxygens (including phenoxy) is 1. The zero-order valence-corrected chi connectivity index (χ0v) is 20.6. The average molecular weight is 504 g/mol. The number of benzene rings is 2. The summed E-state index contributed by atoms with van der Waals surface area (Å²) in [5.41, 5.74) is 1.76. The number of halogens is 2. The second-order valence-corrected chi connectivity index (χ2v) is 10.5. The van der Waals surface area contributed by atoms with Gasteiger partial charge in [0.15, 0.2) is 0 Å². The van der Waals surface area contributed by atoms with Gasteiger partial charge in [-0.2, -0.15) is 0 Å². The molecular formula is C26H31Cl2N3O3. The standard InChI is InChI=1S/C26H31Cl2N3O3/c27-19-3-5-20(6-4-19)31-13-10-18(15-31)26(33)29-23(16-30-11-1-12-30)25(32)17-2-9-24(22(28)14-17)34-21-7-8-21/h2-6,9,14,18,21,23,25,32H,1,7-8,10-13,15-16H2,(H,29,33)/t18?,23-,25-/m1/s1. The van der Waals surface area contributed by atoms with Crippen molar-refractivity contribution < 1.29 is 14.6 Å². The smallest absolute Gasteiger partial charge is 0.225 e. The van der Waals surface area contributed by atoms with E-state index in [2.05, 4.69) is 15.1 Å². The fourth-order valence-corrected chi connectivity index (χ4v) is 4.98. The maximum Gasteiger partial charge on any atom is 0.225 e. The van der Waals surface area contributed by atoms with Crippen molar-refractivity contribution in [1.82, 2.24) is 10.2 Å². The summed E-state index contributed by atoms with van der Waals surface area (Å²) in [4.78, 5) is 17.7. The van der Waals surface area contributed by atoms with Crippen LogP contribution in [0, 0.1) is 5.92 Å². The molecule has 8 heteroatoms. The maximum absolute atomic E-state index is 13.2. The summed E-state index contributed by atoms with van der Waals surface area (Å²) >= 11 is 12.5. The van der Waals surface area contributed by atoms with E-state index in [9.17, 15) is 9.90 Å². The molecule has 0 bridgehead atoms. The number of hydrogen-bond acceptors (Lipinski definition) is 5. The molecule has 182 valence electrons. The number of likely N-dealkylation sites (tertiary alicyclic amines) is 1. The molecule has 2 saturated heterocycles. The Kier molecular flexibility index (Phi) is 7.21. The number of nitrogens with zero attached hydrogens (tertiary/aromatic N) is 2. The van der Waals surface area contributed by atoms with Crippen LogP contribution in [-0.2, 0) is 4.79 Å². The highest BCUT2D eigenvalue weighted by molar-refractivity contribution is 6.32. The van der Waals surface area contributed by atoms with Crippen molar-refractivity contribution in [1.29, 1.82) is 0 Å². The van der Waals surface area contributed by atoms with E-state index in [0.29, 0.717) is 34.4 Å². The minimum absolute atomic E-state index is 0.0131. The Bertz CT molecular complexity index is 1010. The predicted octanol–water partition coefficient (Wildman–Crippen LogP) is 4.29. The van der Waals surface area contributed by atoms with E-state index in [4.69, 9.17) is 27.9 Å². The third-order valence-electron chi connectivity index (χ3n) is 6.98. The van der Waals surface area contributed by atoms with Gasteiger partial charge in [0.1, 0.15) is 11.9 Å². The first-order valence-corrected chi connectivity index (χ1v) is 12.9. The van der Waals surface area contributed by atoms with E-state index in [0.717, 1.165) is 51.0 Å². The Morgan fingerprint density at radius 1 is 1.09 bits per heavy atom. The first-order valence-electron chi connectivity index (χ1n) is 12.1. The lowest BCUT2D eigenvalue weighted by molar-refractivity contribution is -0.126. The van der Waals surface area contributed by atoms with Crippen LogP contribution in [0.4, 0.5) is 5.69 Å². The zero-order chi connectivity index (χ0) is 23.7. The number of carbonyl (C=O) groups excluding carboxylic acids is 1. The van der Waals surface area contributed by atoms with Crippen LogP contribution < -0.4 is 15.0 Å². The van der Waals surface area contributed by atoms with Gasteiger partial charge in [-0.25, -0.2) is 0 Å². The van der Waals surface area contributed by atoms with Crippen molar-refractivity contribution in [3.05, 3.63) is 58.1 Å². The Balaban J connectivity index is 1.24. The molecule has 0 radical (unpaired) electrons. The first kappa shape index (κ1) is 23.7. The number of aliphatic hydroxyl groups is 1. The van der Waals surface area contributed by atoms with Crippen LogP contribution in [0.5, 0.6) is 5.75 Å². The van der Waals surface area contributed by atoms with Crippen LogP contribution in [0.3, 0.4) is 0 Å². The molecule has 5 rings (SSSR count). The quantitative estimate of drug-likeness (QED) is 0.534. The fourth-order valence-electron chi connectivity index (χ4n) is 4.62. The number of nitrogens with one attached hydrogen (secondary N) is 1. The van der Waals surface area contributed by atoms with Crippen LogP contribution in [-0.4, -0.2) is 60.8 Å². The van der Waals surface area contributed by atoms with Crippen LogP contribution in [0.1, 0.15) is 37.4 Å². The van der Waals surface area contributed by atoms with Crippen molar-refractivity contribution in [2.24, 2.45) is 5.92 Å². The predicted molar refractivity (Wildman–Crippen MR) is 135 cm³/mol. The van der Waals surface area contributed by atoms with Crippen LogP contribution >= 0.6 is 23.2 Å². The molecule has 0 aromatic heterocycles. The van der Waals surface area contributed by atoms with Gasteiger partial charge in [-0.1, -0.05) is 29.3 Å². The van der Waals surface area contributed by atoms with Crippen molar-refractivity contribution in [2.75, 3.05) is 37.6 Å². The monoisotopic (exact) mass is 503 g/mol. The zero-order valence-electron chi connectivity index (χ0n) is 19.1. The molecule has 2 aromatic carbocycles. The van der Waals surface area contributed by atoms with E-state index < -0.39 is 12.1 Å². The van der Waals surface area contributed by atoms with Gasteiger partial charge in [0, 0.05) is 30.3 Å². The van der Waals surface area contributed by atoms with Gasteiger partial charge in [-0.3, -0.25) is 4.79 Å². The van der Waals surface area contributed by atoms with Crippen molar-refractivity contribution in [2.45, 2.75) is 43.9 Å². The largest absolute Gasteiger partial charge is 0.489 e. The molecule has 1 unspecified atom stereocenters. The van der Waals surface area contributed by atoms with Gasteiger partial charge in [0.05, 0.1) is 23.1 Å². The second-order valence-electron chi connectivity index (χ2n) is 9.63. The highest BCUT2D eigenvalue weighted by atomic mass is 35.5. The van der Waals surface area contributed by atoms with Crippen molar-refractivity contribution >= 4 is 34.8 Å². The Hall–Kier alpha value is -1.99. The summed E-state index contributed by atoms with van der Waals surface area (Å²) in [5.74, 6) is 0.511. The van der Waals surface area contributed by atoms with E-state index in [1.54, 1.807) is 6.07 Å².